The summed E-state index contributed by atoms with van der Waals surface area (Å²) in [6, 6.07) is 0. The molecule has 2 heteroatoms. The van der Waals surface area contributed by atoms with Crippen LogP contribution in [0, 0.1) is 17.8 Å². The van der Waals surface area contributed by atoms with Crippen LogP contribution >= 0.6 is 0 Å². The zero-order chi connectivity index (χ0) is 13.9. The minimum atomic E-state index is -0.284. The van der Waals surface area contributed by atoms with Gasteiger partial charge >= 0.3 is 0 Å². The molecule has 0 radical (unpaired) electrons. The van der Waals surface area contributed by atoms with Crippen LogP contribution in [-0.4, -0.2) is 11.4 Å². The van der Waals surface area contributed by atoms with E-state index in [0.717, 1.165) is 12.0 Å². The van der Waals surface area contributed by atoms with E-state index in [2.05, 4.69) is 25.7 Å². The van der Waals surface area contributed by atoms with Crippen molar-refractivity contribution in [3.63, 3.8) is 0 Å². The number of hydrogen-bond acceptors (Lipinski definition) is 1. The highest BCUT2D eigenvalue weighted by atomic mass is 16.2. The van der Waals surface area contributed by atoms with Crippen LogP contribution in [0.15, 0.2) is 12.2 Å². The van der Waals surface area contributed by atoms with Crippen molar-refractivity contribution in [1.82, 2.24) is 5.32 Å². The molecule has 18 heavy (non-hydrogen) atoms. The van der Waals surface area contributed by atoms with Gasteiger partial charge in [0.1, 0.15) is 0 Å². The van der Waals surface area contributed by atoms with E-state index in [-0.39, 0.29) is 17.4 Å². The van der Waals surface area contributed by atoms with Crippen molar-refractivity contribution in [3.05, 3.63) is 12.2 Å². The Morgan fingerprint density at radius 2 is 1.89 bits per heavy atom. The molecule has 0 spiro atoms. The van der Waals surface area contributed by atoms with Crippen LogP contribution in [0.5, 0.6) is 0 Å². The number of amides is 1. The highest BCUT2D eigenvalue weighted by Gasteiger charge is 2.52. The molecular formula is C16H29NO. The number of nitrogens with one attached hydrogen (secondary N) is 1. The van der Waals surface area contributed by atoms with Gasteiger partial charge in [0.25, 0.3) is 0 Å². The van der Waals surface area contributed by atoms with Crippen LogP contribution in [0.25, 0.3) is 0 Å². The maximum absolute atomic E-state index is 12.3. The number of unbranched alkanes of at least 4 members (excludes halogenated alkanes) is 1. The van der Waals surface area contributed by atoms with Gasteiger partial charge in [0.2, 0.25) is 5.91 Å². The highest BCUT2D eigenvalue weighted by molar-refractivity contribution is 5.83. The summed E-state index contributed by atoms with van der Waals surface area (Å²) in [4.78, 5) is 12.3. The number of carbonyl (C=O) groups excluding carboxylic acids is 1. The van der Waals surface area contributed by atoms with E-state index in [1.54, 1.807) is 0 Å². The molecular weight excluding hydrogens is 222 g/mol. The fourth-order valence-corrected chi connectivity index (χ4v) is 2.72. The minimum Gasteiger partial charge on any atom is -0.347 e. The summed E-state index contributed by atoms with van der Waals surface area (Å²) in [5.41, 5.74) is 0.724. The lowest BCUT2D eigenvalue weighted by Gasteiger charge is -2.27. The maximum atomic E-state index is 12.3. The van der Waals surface area contributed by atoms with Crippen LogP contribution in [0.4, 0.5) is 0 Å². The Labute approximate surface area is 112 Å². The van der Waals surface area contributed by atoms with E-state index in [1.807, 2.05) is 20.8 Å². The molecule has 1 aliphatic rings. The molecule has 1 rings (SSSR count). The lowest BCUT2D eigenvalue weighted by Crippen LogP contribution is -2.45. The van der Waals surface area contributed by atoms with Crippen molar-refractivity contribution in [2.75, 3.05) is 0 Å². The summed E-state index contributed by atoms with van der Waals surface area (Å²) in [5, 5.41) is 3.15. The van der Waals surface area contributed by atoms with Gasteiger partial charge in [-0.15, -0.1) is 0 Å². The summed E-state index contributed by atoms with van der Waals surface area (Å²) in [6.07, 6.45) is 4.80. The summed E-state index contributed by atoms with van der Waals surface area (Å²) < 4.78 is 0. The van der Waals surface area contributed by atoms with Crippen molar-refractivity contribution in [3.8, 4) is 0 Å². The molecule has 3 atom stereocenters. The topological polar surface area (TPSA) is 29.1 Å². The molecule has 0 bridgehead atoms. The monoisotopic (exact) mass is 251 g/mol. The van der Waals surface area contributed by atoms with Crippen molar-refractivity contribution in [2.24, 2.45) is 17.8 Å². The fraction of sp³-hybridized carbons (Fsp3) is 0.812. The van der Waals surface area contributed by atoms with Crippen molar-refractivity contribution in [1.29, 1.82) is 0 Å². The maximum Gasteiger partial charge on any atom is 0.224 e. The van der Waals surface area contributed by atoms with Crippen LogP contribution < -0.4 is 5.32 Å². The average Bonchev–Trinajstić information content (AvgIpc) is 2.98. The van der Waals surface area contributed by atoms with Gasteiger partial charge in [-0.25, -0.2) is 0 Å². The van der Waals surface area contributed by atoms with E-state index >= 15 is 0 Å². The number of carbonyl (C=O) groups is 1. The zero-order valence-electron chi connectivity index (χ0n) is 12.7. The van der Waals surface area contributed by atoms with Crippen LogP contribution in [-0.2, 0) is 4.79 Å². The van der Waals surface area contributed by atoms with Gasteiger partial charge in [-0.1, -0.05) is 45.3 Å². The third kappa shape index (κ3) is 3.37. The first-order valence-corrected chi connectivity index (χ1v) is 7.33. The Hall–Kier alpha value is -0.790. The lowest BCUT2D eigenvalue weighted by atomic mass is 9.96. The standard InChI is InChI=1S/C16H29NO/c1-7-9-10-13-12(8-2)14(13)15(18)17-16(5,6)11(3)4/h12-14H,3,7-10H2,1-2,4-6H3,(H,17,18). The van der Waals surface area contributed by atoms with Crippen molar-refractivity contribution < 1.29 is 4.79 Å². The molecule has 104 valence electrons. The van der Waals surface area contributed by atoms with Gasteiger partial charge in [-0.05, 0) is 39.0 Å². The molecule has 1 saturated carbocycles. The van der Waals surface area contributed by atoms with E-state index in [0.29, 0.717) is 11.8 Å². The number of hydrogen-bond donors (Lipinski definition) is 1. The molecule has 2 nitrogen and oxygen atoms in total. The molecule has 1 aliphatic carbocycles. The molecule has 0 saturated heterocycles. The predicted molar refractivity (Wildman–Crippen MR) is 77.3 cm³/mol. The van der Waals surface area contributed by atoms with Crippen molar-refractivity contribution >= 4 is 5.91 Å². The van der Waals surface area contributed by atoms with Crippen molar-refractivity contribution in [2.45, 2.75) is 65.8 Å². The third-order valence-electron chi connectivity index (χ3n) is 4.50. The average molecular weight is 251 g/mol. The van der Waals surface area contributed by atoms with Crippen LogP contribution in [0.2, 0.25) is 0 Å². The predicted octanol–water partition coefficient (Wildman–Crippen LogP) is 3.92. The Bertz CT molecular complexity index is 319. The fourth-order valence-electron chi connectivity index (χ4n) is 2.72. The second-order valence-electron chi connectivity index (χ2n) is 6.30. The number of rotatable bonds is 7. The third-order valence-corrected chi connectivity index (χ3v) is 4.50. The Morgan fingerprint density at radius 3 is 2.33 bits per heavy atom. The van der Waals surface area contributed by atoms with Gasteiger partial charge in [0, 0.05) is 5.92 Å². The Balaban J connectivity index is 2.55. The first kappa shape index (κ1) is 15.3. The molecule has 1 amide bonds. The summed E-state index contributed by atoms with van der Waals surface area (Å²) in [6.45, 7) is 14.4. The summed E-state index contributed by atoms with van der Waals surface area (Å²) in [5.74, 6) is 1.71. The molecule has 0 aromatic rings. The van der Waals surface area contributed by atoms with E-state index in [4.69, 9.17) is 0 Å². The Morgan fingerprint density at radius 1 is 1.28 bits per heavy atom. The lowest BCUT2D eigenvalue weighted by molar-refractivity contribution is -0.124. The largest absolute Gasteiger partial charge is 0.347 e. The summed E-state index contributed by atoms with van der Waals surface area (Å²) in [7, 11) is 0. The first-order valence-electron chi connectivity index (χ1n) is 7.33. The highest BCUT2D eigenvalue weighted by Crippen LogP contribution is 2.51. The first-order chi connectivity index (χ1) is 8.35. The van der Waals surface area contributed by atoms with E-state index in [1.165, 1.54) is 19.3 Å². The molecule has 0 aromatic carbocycles. The van der Waals surface area contributed by atoms with Crippen LogP contribution in [0.3, 0.4) is 0 Å². The quantitative estimate of drug-likeness (QED) is 0.683. The molecule has 0 heterocycles. The minimum absolute atomic E-state index is 0.232. The molecule has 0 aliphatic heterocycles. The van der Waals surface area contributed by atoms with Gasteiger partial charge in [-0.2, -0.15) is 0 Å². The molecule has 1 fully saturated rings. The second kappa shape index (κ2) is 5.90. The normalized spacial score (nSPS) is 26.8. The second-order valence-corrected chi connectivity index (χ2v) is 6.30. The Kier molecular flexibility index (Phi) is 5.01. The van der Waals surface area contributed by atoms with Gasteiger partial charge in [0.05, 0.1) is 5.54 Å². The van der Waals surface area contributed by atoms with Gasteiger partial charge < -0.3 is 5.32 Å². The van der Waals surface area contributed by atoms with Gasteiger partial charge in [-0.3, -0.25) is 4.79 Å². The zero-order valence-corrected chi connectivity index (χ0v) is 12.7. The van der Waals surface area contributed by atoms with E-state index in [9.17, 15) is 4.79 Å². The summed E-state index contributed by atoms with van der Waals surface area (Å²) >= 11 is 0. The molecule has 1 N–H and O–H groups in total. The SMILES string of the molecule is C=C(C)C(C)(C)NC(=O)C1C(CC)C1CCCC. The molecule has 3 unspecified atom stereocenters. The van der Waals surface area contributed by atoms with Crippen LogP contribution in [0.1, 0.15) is 60.3 Å². The van der Waals surface area contributed by atoms with Gasteiger partial charge in [0.15, 0.2) is 0 Å². The van der Waals surface area contributed by atoms with E-state index < -0.39 is 0 Å². The molecule has 0 aromatic heterocycles. The smallest absolute Gasteiger partial charge is 0.224 e.